The lowest BCUT2D eigenvalue weighted by Crippen LogP contribution is -2.14. The predicted molar refractivity (Wildman–Crippen MR) is 69.3 cm³/mol. The van der Waals surface area contributed by atoms with Gasteiger partial charge < -0.3 is 4.98 Å². The van der Waals surface area contributed by atoms with E-state index in [1.54, 1.807) is 0 Å². The molecule has 0 aliphatic heterocycles. The van der Waals surface area contributed by atoms with E-state index >= 15 is 0 Å². The number of rotatable bonds is 3. The summed E-state index contributed by atoms with van der Waals surface area (Å²) in [5.41, 5.74) is -0.0195. The highest BCUT2D eigenvalue weighted by Crippen LogP contribution is 2.17. The average molecular weight is 285 g/mol. The van der Waals surface area contributed by atoms with Crippen LogP contribution >= 0.6 is 11.6 Å². The van der Waals surface area contributed by atoms with Gasteiger partial charge in [-0.3, -0.25) is 9.52 Å². The molecule has 0 saturated heterocycles. The Morgan fingerprint density at radius 2 is 1.72 bits per heavy atom. The zero-order chi connectivity index (χ0) is 13.2. The third-order valence-corrected chi connectivity index (χ3v) is 3.81. The standard InChI is InChI=1S/C11H9ClN2O3S/c12-8-1-4-10(5-2-8)18(16,17)14-9-3-6-11(15)13-7-9/h1-7,14H,(H,13,15). The normalized spacial score (nSPS) is 11.2. The molecule has 2 N–H and O–H groups in total. The van der Waals surface area contributed by atoms with Crippen LogP contribution in [0.3, 0.4) is 0 Å². The third-order valence-electron chi connectivity index (χ3n) is 2.16. The molecule has 0 atom stereocenters. The Labute approximate surface area is 108 Å². The summed E-state index contributed by atoms with van der Waals surface area (Å²) in [6.07, 6.45) is 1.29. The molecule has 2 aromatic rings. The van der Waals surface area contributed by atoms with Crippen LogP contribution in [0.25, 0.3) is 0 Å². The molecule has 2 rings (SSSR count). The van der Waals surface area contributed by atoms with Gasteiger partial charge in [-0.25, -0.2) is 8.42 Å². The molecule has 0 saturated carbocycles. The fourth-order valence-electron chi connectivity index (χ4n) is 1.30. The minimum atomic E-state index is -3.67. The first-order chi connectivity index (χ1) is 8.47. The maximum atomic E-state index is 12.0. The Balaban J connectivity index is 2.29. The number of hydrogen-bond acceptors (Lipinski definition) is 3. The van der Waals surface area contributed by atoms with Gasteiger partial charge in [0.1, 0.15) is 0 Å². The van der Waals surface area contributed by atoms with Crippen molar-refractivity contribution in [2.45, 2.75) is 4.90 Å². The second-order valence-electron chi connectivity index (χ2n) is 3.50. The van der Waals surface area contributed by atoms with Crippen LogP contribution in [0.4, 0.5) is 5.69 Å². The van der Waals surface area contributed by atoms with Gasteiger partial charge in [0.15, 0.2) is 0 Å². The fourth-order valence-corrected chi connectivity index (χ4v) is 2.48. The number of hydrogen-bond donors (Lipinski definition) is 2. The molecule has 18 heavy (non-hydrogen) atoms. The van der Waals surface area contributed by atoms with Crippen LogP contribution < -0.4 is 10.3 Å². The van der Waals surface area contributed by atoms with Crippen molar-refractivity contribution in [1.82, 2.24) is 4.98 Å². The van der Waals surface area contributed by atoms with Crippen molar-refractivity contribution < 1.29 is 8.42 Å². The first-order valence-electron chi connectivity index (χ1n) is 4.94. The van der Waals surface area contributed by atoms with Crippen LogP contribution in [0, 0.1) is 0 Å². The zero-order valence-corrected chi connectivity index (χ0v) is 10.6. The van der Waals surface area contributed by atoms with Crippen LogP contribution in [0.1, 0.15) is 0 Å². The first-order valence-corrected chi connectivity index (χ1v) is 6.81. The van der Waals surface area contributed by atoms with E-state index in [4.69, 9.17) is 11.6 Å². The van der Waals surface area contributed by atoms with Crippen molar-refractivity contribution in [2.75, 3.05) is 4.72 Å². The van der Waals surface area contributed by atoms with Crippen molar-refractivity contribution in [3.8, 4) is 0 Å². The molecular weight excluding hydrogens is 276 g/mol. The zero-order valence-electron chi connectivity index (χ0n) is 9.05. The molecule has 0 aliphatic carbocycles. The SMILES string of the molecule is O=c1ccc(NS(=O)(=O)c2ccc(Cl)cc2)c[nH]1. The molecule has 0 spiro atoms. The van der Waals surface area contributed by atoms with Gasteiger partial charge in [-0.1, -0.05) is 11.6 Å². The molecule has 7 heteroatoms. The summed E-state index contributed by atoms with van der Waals surface area (Å²) in [6, 6.07) is 8.39. The molecule has 0 aliphatic rings. The number of anilines is 1. The average Bonchev–Trinajstić information content (AvgIpc) is 2.32. The molecule has 0 amide bonds. The van der Waals surface area contributed by atoms with Gasteiger partial charge in [-0.05, 0) is 30.3 Å². The van der Waals surface area contributed by atoms with Gasteiger partial charge in [0, 0.05) is 17.3 Å². The van der Waals surface area contributed by atoms with E-state index < -0.39 is 10.0 Å². The molecule has 0 bridgehead atoms. The number of aromatic amines is 1. The van der Waals surface area contributed by atoms with Crippen molar-refractivity contribution in [3.63, 3.8) is 0 Å². The molecule has 0 fully saturated rings. The van der Waals surface area contributed by atoms with E-state index in [1.807, 2.05) is 0 Å². The van der Waals surface area contributed by atoms with E-state index in [1.165, 1.54) is 42.6 Å². The Bertz CT molecular complexity index is 687. The number of sulfonamides is 1. The first kappa shape index (κ1) is 12.7. The van der Waals surface area contributed by atoms with Gasteiger partial charge in [0.25, 0.3) is 10.0 Å². The summed E-state index contributed by atoms with van der Waals surface area (Å²) in [6.45, 7) is 0. The van der Waals surface area contributed by atoms with Gasteiger partial charge in [0.05, 0.1) is 10.6 Å². The van der Waals surface area contributed by atoms with Crippen molar-refractivity contribution in [3.05, 3.63) is 58.0 Å². The summed E-state index contributed by atoms with van der Waals surface area (Å²) in [7, 11) is -3.67. The molecule has 94 valence electrons. The van der Waals surface area contributed by atoms with Gasteiger partial charge in [-0.2, -0.15) is 0 Å². The Morgan fingerprint density at radius 3 is 2.28 bits per heavy atom. The quantitative estimate of drug-likeness (QED) is 0.902. The molecular formula is C11H9ClN2O3S. The fraction of sp³-hybridized carbons (Fsp3) is 0. The summed E-state index contributed by atoms with van der Waals surface area (Å²) in [5, 5.41) is 0.456. The summed E-state index contributed by atoms with van der Waals surface area (Å²) in [5.74, 6) is 0. The van der Waals surface area contributed by atoms with Gasteiger partial charge >= 0.3 is 0 Å². The lowest BCUT2D eigenvalue weighted by Gasteiger charge is -2.07. The summed E-state index contributed by atoms with van der Waals surface area (Å²) < 4.78 is 26.2. The van der Waals surface area contributed by atoms with Crippen LogP contribution in [0.5, 0.6) is 0 Å². The van der Waals surface area contributed by atoms with Crippen molar-refractivity contribution in [2.24, 2.45) is 0 Å². The number of nitrogens with one attached hydrogen (secondary N) is 2. The molecule has 0 radical (unpaired) electrons. The summed E-state index contributed by atoms with van der Waals surface area (Å²) >= 11 is 5.68. The van der Waals surface area contributed by atoms with Gasteiger partial charge in [0.2, 0.25) is 5.56 Å². The minimum absolute atomic E-state index is 0.0955. The van der Waals surface area contributed by atoms with Crippen molar-refractivity contribution in [1.29, 1.82) is 0 Å². The minimum Gasteiger partial charge on any atom is -0.327 e. The molecule has 1 aromatic heterocycles. The third kappa shape index (κ3) is 2.91. The lowest BCUT2D eigenvalue weighted by molar-refractivity contribution is 0.601. The molecule has 1 heterocycles. The number of pyridine rings is 1. The van der Waals surface area contributed by atoms with E-state index in [0.717, 1.165) is 0 Å². The summed E-state index contributed by atoms with van der Waals surface area (Å²) in [4.78, 5) is 13.3. The number of halogens is 1. The lowest BCUT2D eigenvalue weighted by atomic mass is 10.4. The topological polar surface area (TPSA) is 79.0 Å². The molecule has 1 aromatic carbocycles. The second-order valence-corrected chi connectivity index (χ2v) is 5.62. The number of aromatic nitrogens is 1. The maximum absolute atomic E-state index is 12.0. The Morgan fingerprint density at radius 1 is 1.06 bits per heavy atom. The van der Waals surface area contributed by atoms with E-state index in [9.17, 15) is 13.2 Å². The Kier molecular flexibility index (Phi) is 3.40. The van der Waals surface area contributed by atoms with Gasteiger partial charge in [-0.15, -0.1) is 0 Å². The predicted octanol–water partition coefficient (Wildman–Crippen LogP) is 1.83. The maximum Gasteiger partial charge on any atom is 0.261 e. The van der Waals surface area contributed by atoms with Crippen LogP contribution in [0.15, 0.2) is 52.3 Å². The van der Waals surface area contributed by atoms with Crippen molar-refractivity contribution >= 4 is 27.3 Å². The number of benzene rings is 1. The Hall–Kier alpha value is -1.79. The smallest absolute Gasteiger partial charge is 0.261 e. The monoisotopic (exact) mass is 284 g/mol. The van der Waals surface area contributed by atoms with E-state index in [2.05, 4.69) is 9.71 Å². The molecule has 5 nitrogen and oxygen atoms in total. The van der Waals surface area contributed by atoms with E-state index in [-0.39, 0.29) is 16.1 Å². The van der Waals surface area contributed by atoms with Crippen LogP contribution in [-0.4, -0.2) is 13.4 Å². The highest BCUT2D eigenvalue weighted by atomic mass is 35.5. The van der Waals surface area contributed by atoms with Crippen LogP contribution in [-0.2, 0) is 10.0 Å². The van der Waals surface area contributed by atoms with E-state index in [0.29, 0.717) is 5.02 Å². The molecule has 0 unspecified atom stereocenters. The largest absolute Gasteiger partial charge is 0.327 e. The van der Waals surface area contributed by atoms with Crippen LogP contribution in [0.2, 0.25) is 5.02 Å². The number of H-pyrrole nitrogens is 1. The highest BCUT2D eigenvalue weighted by Gasteiger charge is 2.13. The highest BCUT2D eigenvalue weighted by molar-refractivity contribution is 7.92. The second kappa shape index (κ2) is 4.83.